The van der Waals surface area contributed by atoms with Crippen LogP contribution in [0.1, 0.15) is 13.3 Å². The molecule has 0 radical (unpaired) electrons. The third-order valence-electron chi connectivity index (χ3n) is 3.33. The molecule has 1 saturated heterocycles. The van der Waals surface area contributed by atoms with E-state index in [0.29, 0.717) is 12.4 Å². The fourth-order valence-corrected chi connectivity index (χ4v) is 4.01. The minimum Gasteiger partial charge on any atom is -0.495 e. The van der Waals surface area contributed by atoms with Gasteiger partial charge >= 0.3 is 0 Å². The summed E-state index contributed by atoms with van der Waals surface area (Å²) in [5, 5.41) is 3.39. The standard InChI is InChI=1S/C14H21NO3S/c1-3-15-11-8-9-18-10-14(11)19(16)13-7-5-4-6-12(13)17-2/h4-7,11,14-15H,3,8-10H2,1-2H3. The Kier molecular flexibility index (Phi) is 5.36. The lowest BCUT2D eigenvalue weighted by Gasteiger charge is -2.31. The SMILES string of the molecule is CCNC1CCOCC1S(=O)c1ccccc1OC. The van der Waals surface area contributed by atoms with Crippen LogP contribution < -0.4 is 10.1 Å². The smallest absolute Gasteiger partial charge is 0.134 e. The van der Waals surface area contributed by atoms with Gasteiger partial charge in [-0.2, -0.15) is 0 Å². The Labute approximate surface area is 116 Å². The number of methoxy groups -OCH3 is 1. The summed E-state index contributed by atoms with van der Waals surface area (Å²) >= 11 is 0. The molecule has 2 rings (SSSR count). The molecule has 1 aromatic carbocycles. The zero-order valence-electron chi connectivity index (χ0n) is 11.4. The number of hydrogen-bond donors (Lipinski definition) is 1. The highest BCUT2D eigenvalue weighted by Crippen LogP contribution is 2.26. The summed E-state index contributed by atoms with van der Waals surface area (Å²) in [6.07, 6.45) is 0.902. The first-order valence-corrected chi connectivity index (χ1v) is 7.84. The second-order valence-electron chi connectivity index (χ2n) is 4.51. The predicted molar refractivity (Wildman–Crippen MR) is 76.1 cm³/mol. The van der Waals surface area contributed by atoms with E-state index in [1.54, 1.807) is 7.11 Å². The Morgan fingerprint density at radius 1 is 1.47 bits per heavy atom. The van der Waals surface area contributed by atoms with Gasteiger partial charge in [0, 0.05) is 12.6 Å². The van der Waals surface area contributed by atoms with E-state index in [0.717, 1.165) is 24.5 Å². The molecule has 0 aliphatic carbocycles. The first-order chi connectivity index (χ1) is 9.27. The fraction of sp³-hybridized carbons (Fsp3) is 0.571. The Morgan fingerprint density at radius 2 is 2.26 bits per heavy atom. The summed E-state index contributed by atoms with van der Waals surface area (Å²) in [5.41, 5.74) is 0. The highest BCUT2D eigenvalue weighted by atomic mass is 32.2. The van der Waals surface area contributed by atoms with E-state index in [4.69, 9.17) is 9.47 Å². The van der Waals surface area contributed by atoms with Crippen LogP contribution in [0.25, 0.3) is 0 Å². The predicted octanol–water partition coefficient (Wildman–Crippen LogP) is 1.57. The van der Waals surface area contributed by atoms with Crippen molar-refractivity contribution in [2.75, 3.05) is 26.9 Å². The summed E-state index contributed by atoms with van der Waals surface area (Å²) in [4.78, 5) is 0.753. The minimum atomic E-state index is -1.13. The maximum atomic E-state index is 12.8. The molecule has 1 aliphatic heterocycles. The third kappa shape index (κ3) is 3.35. The van der Waals surface area contributed by atoms with Crippen LogP contribution in [-0.2, 0) is 15.5 Å². The molecule has 3 unspecified atom stereocenters. The van der Waals surface area contributed by atoms with E-state index in [1.807, 2.05) is 24.3 Å². The van der Waals surface area contributed by atoms with Gasteiger partial charge in [0.05, 0.1) is 34.7 Å². The second-order valence-corrected chi connectivity index (χ2v) is 6.15. The maximum absolute atomic E-state index is 12.8. The van der Waals surface area contributed by atoms with Gasteiger partial charge in [-0.3, -0.25) is 4.21 Å². The topological polar surface area (TPSA) is 47.6 Å². The van der Waals surface area contributed by atoms with E-state index in [-0.39, 0.29) is 11.3 Å². The molecule has 1 aliphatic rings. The average molecular weight is 283 g/mol. The molecule has 0 spiro atoms. The molecule has 4 nitrogen and oxygen atoms in total. The normalized spacial score (nSPS) is 24.9. The van der Waals surface area contributed by atoms with E-state index < -0.39 is 10.8 Å². The highest BCUT2D eigenvalue weighted by Gasteiger charge is 2.31. The van der Waals surface area contributed by atoms with Crippen LogP contribution in [-0.4, -0.2) is 42.4 Å². The first kappa shape index (κ1) is 14.5. The van der Waals surface area contributed by atoms with Crippen molar-refractivity contribution in [1.82, 2.24) is 5.32 Å². The van der Waals surface area contributed by atoms with Gasteiger partial charge < -0.3 is 14.8 Å². The Bertz CT molecular complexity index is 436. The van der Waals surface area contributed by atoms with Crippen molar-refractivity contribution in [3.05, 3.63) is 24.3 Å². The van der Waals surface area contributed by atoms with E-state index in [9.17, 15) is 4.21 Å². The van der Waals surface area contributed by atoms with Gasteiger partial charge in [-0.05, 0) is 25.1 Å². The maximum Gasteiger partial charge on any atom is 0.134 e. The molecule has 1 heterocycles. The van der Waals surface area contributed by atoms with Gasteiger partial charge in [-0.25, -0.2) is 0 Å². The number of para-hydroxylation sites is 1. The van der Waals surface area contributed by atoms with Gasteiger partial charge in [-0.1, -0.05) is 19.1 Å². The van der Waals surface area contributed by atoms with Crippen LogP contribution in [0.4, 0.5) is 0 Å². The molecule has 1 aromatic rings. The summed E-state index contributed by atoms with van der Waals surface area (Å²) in [6, 6.07) is 7.73. The van der Waals surface area contributed by atoms with Crippen LogP contribution in [0.3, 0.4) is 0 Å². The van der Waals surface area contributed by atoms with Crippen LogP contribution in [0, 0.1) is 0 Å². The van der Waals surface area contributed by atoms with Gasteiger partial charge in [0.25, 0.3) is 0 Å². The van der Waals surface area contributed by atoms with Gasteiger partial charge in [0.15, 0.2) is 0 Å². The molecule has 3 atom stereocenters. The number of nitrogens with one attached hydrogen (secondary N) is 1. The number of rotatable bonds is 5. The van der Waals surface area contributed by atoms with Crippen LogP contribution in [0.15, 0.2) is 29.2 Å². The first-order valence-electron chi connectivity index (χ1n) is 6.62. The largest absolute Gasteiger partial charge is 0.495 e. The van der Waals surface area contributed by atoms with Crippen molar-refractivity contribution >= 4 is 10.8 Å². The number of ether oxygens (including phenoxy) is 2. The molecular formula is C14H21NO3S. The summed E-state index contributed by atoms with van der Waals surface area (Å²) in [6.45, 7) is 4.21. The van der Waals surface area contributed by atoms with Crippen LogP contribution >= 0.6 is 0 Å². The molecule has 0 saturated carbocycles. The molecule has 1 N–H and O–H groups in total. The lowest BCUT2D eigenvalue weighted by atomic mass is 10.1. The molecule has 5 heteroatoms. The molecule has 19 heavy (non-hydrogen) atoms. The zero-order valence-corrected chi connectivity index (χ0v) is 12.2. The molecule has 0 aromatic heterocycles. The van der Waals surface area contributed by atoms with Gasteiger partial charge in [0.2, 0.25) is 0 Å². The number of hydrogen-bond acceptors (Lipinski definition) is 4. The van der Waals surface area contributed by atoms with Crippen molar-refractivity contribution < 1.29 is 13.7 Å². The third-order valence-corrected chi connectivity index (χ3v) is 5.12. The number of benzene rings is 1. The Balaban J connectivity index is 2.21. The fourth-order valence-electron chi connectivity index (χ4n) is 2.37. The summed E-state index contributed by atoms with van der Waals surface area (Å²) in [7, 11) is 0.481. The highest BCUT2D eigenvalue weighted by molar-refractivity contribution is 7.86. The Hall–Kier alpha value is -0.910. The van der Waals surface area contributed by atoms with Gasteiger partial charge in [0.1, 0.15) is 5.75 Å². The molecule has 1 fully saturated rings. The molecule has 0 bridgehead atoms. The Morgan fingerprint density at radius 3 is 3.00 bits per heavy atom. The zero-order chi connectivity index (χ0) is 13.7. The summed E-state index contributed by atoms with van der Waals surface area (Å²) < 4.78 is 23.6. The van der Waals surface area contributed by atoms with Crippen molar-refractivity contribution in [3.8, 4) is 5.75 Å². The second kappa shape index (κ2) is 7.03. The summed E-state index contributed by atoms with van der Waals surface area (Å²) in [5.74, 6) is 0.682. The van der Waals surface area contributed by atoms with Crippen molar-refractivity contribution in [2.24, 2.45) is 0 Å². The average Bonchev–Trinajstić information content (AvgIpc) is 2.47. The van der Waals surface area contributed by atoms with Crippen LogP contribution in [0.5, 0.6) is 5.75 Å². The van der Waals surface area contributed by atoms with E-state index >= 15 is 0 Å². The molecular weight excluding hydrogens is 262 g/mol. The van der Waals surface area contributed by atoms with Crippen LogP contribution in [0.2, 0.25) is 0 Å². The quantitative estimate of drug-likeness (QED) is 0.891. The monoisotopic (exact) mass is 283 g/mol. The molecule has 0 amide bonds. The van der Waals surface area contributed by atoms with Crippen molar-refractivity contribution in [2.45, 2.75) is 29.5 Å². The molecule has 106 valence electrons. The van der Waals surface area contributed by atoms with E-state index in [2.05, 4.69) is 12.2 Å². The minimum absolute atomic E-state index is 0.0231. The van der Waals surface area contributed by atoms with Crippen molar-refractivity contribution in [1.29, 1.82) is 0 Å². The lowest BCUT2D eigenvalue weighted by Crippen LogP contribution is -2.48. The van der Waals surface area contributed by atoms with Crippen molar-refractivity contribution in [3.63, 3.8) is 0 Å². The van der Waals surface area contributed by atoms with E-state index in [1.165, 1.54) is 0 Å². The van der Waals surface area contributed by atoms with Gasteiger partial charge in [-0.15, -0.1) is 0 Å². The lowest BCUT2D eigenvalue weighted by molar-refractivity contribution is 0.0824.